The second kappa shape index (κ2) is 28.0. The second-order valence-electron chi connectivity index (χ2n) is 19.3. The van der Waals surface area contributed by atoms with Gasteiger partial charge in [-0.25, -0.2) is 4.79 Å². The van der Waals surface area contributed by atoms with Crippen LogP contribution in [0.2, 0.25) is 0 Å². The zero-order chi connectivity index (χ0) is 51.5. The fraction of sp³-hybridized carbons (Fsp3) is 0.647. The van der Waals surface area contributed by atoms with Crippen molar-refractivity contribution in [2.24, 2.45) is 5.73 Å². The molecule has 0 unspecified atom stereocenters. The van der Waals surface area contributed by atoms with Gasteiger partial charge >= 0.3 is 5.97 Å². The number of hydrogen-bond acceptors (Lipinski definition) is 13. The van der Waals surface area contributed by atoms with Crippen molar-refractivity contribution in [1.82, 2.24) is 26.2 Å². The first kappa shape index (κ1) is 57.4. The molecular formula is C51H78N6O13. The van der Waals surface area contributed by atoms with Gasteiger partial charge in [-0.3, -0.25) is 24.0 Å². The van der Waals surface area contributed by atoms with Crippen LogP contribution in [0.15, 0.2) is 42.5 Å². The molecule has 9 atom stereocenters. The van der Waals surface area contributed by atoms with E-state index in [1.807, 2.05) is 13.8 Å². The summed E-state index contributed by atoms with van der Waals surface area (Å²) in [4.78, 5) is 82.5. The van der Waals surface area contributed by atoms with E-state index >= 15 is 0 Å². The summed E-state index contributed by atoms with van der Waals surface area (Å²) in [5.74, 6) is -4.57. The number of nitrogens with zero attached hydrogens (tertiary/aromatic N) is 1. The molecule has 2 aromatic rings. The lowest BCUT2D eigenvalue weighted by atomic mass is 9.95. The second-order valence-corrected chi connectivity index (χ2v) is 19.3. The zero-order valence-electron chi connectivity index (χ0n) is 41.5. The molecule has 0 aromatic heterocycles. The van der Waals surface area contributed by atoms with Crippen molar-refractivity contribution in [3.63, 3.8) is 0 Å². The number of hydrogen-bond donors (Lipinski definition) is 10. The number of likely N-dealkylation sites (tertiary alicyclic amines) is 1. The summed E-state index contributed by atoms with van der Waals surface area (Å²) in [5, 5.41) is 62.1. The van der Waals surface area contributed by atoms with Crippen molar-refractivity contribution in [3.05, 3.63) is 64.7 Å². The Hall–Kier alpha value is -5.18. The molecule has 390 valence electrons. The molecule has 19 nitrogen and oxygen atoms in total. The average Bonchev–Trinajstić information content (AvgIpc) is 3.81. The predicted molar refractivity (Wildman–Crippen MR) is 260 cm³/mol. The Kier molecular flexibility index (Phi) is 23.0. The Morgan fingerprint density at radius 2 is 1.46 bits per heavy atom. The molecule has 2 aromatic carbocycles. The van der Waals surface area contributed by atoms with Gasteiger partial charge in [0.15, 0.2) is 12.4 Å². The standard InChI is InChI=1S/C51H78N6O13/c1-6-7-8-9-10-11-12-18-26-69-49-42(61)40(59)41(60)43(70-49)47(65)53-24-17-16-22-37(45(63)56-51(4,5)50(67)68)54-44(62)38(29-33-20-14-13-15-21-33)55-46(64)39-23-19-25-57(39)48(66)36(52)30-35-31(2)27-34(58)28-32(35)3/h13-15,20-21,27-28,36-43,49,58-61H,6-12,16-19,22-26,29-30,52H2,1-5H3,(H,53,65)(H,54,62)(H,55,64)(H,56,63)(H,67,68)/t36-,37-,38-,39-,40-,41-,42+,43-,49+/m0/s1. The number of phenolic OH excluding ortho intramolecular Hbond substituents is 1. The van der Waals surface area contributed by atoms with Crippen molar-refractivity contribution in [3.8, 4) is 5.75 Å². The first-order chi connectivity index (χ1) is 33.2. The third-order valence-electron chi connectivity index (χ3n) is 13.1. The van der Waals surface area contributed by atoms with Crippen molar-refractivity contribution >= 4 is 35.5 Å². The number of unbranched alkanes of at least 4 members (excludes halogenated alkanes) is 8. The van der Waals surface area contributed by atoms with Crippen LogP contribution in [-0.4, -0.2) is 146 Å². The highest BCUT2D eigenvalue weighted by Crippen LogP contribution is 2.26. The highest BCUT2D eigenvalue weighted by molar-refractivity contribution is 5.96. The minimum Gasteiger partial charge on any atom is -0.508 e. The zero-order valence-corrected chi connectivity index (χ0v) is 41.5. The molecule has 19 heteroatoms. The molecule has 2 heterocycles. The summed E-state index contributed by atoms with van der Waals surface area (Å²) < 4.78 is 11.3. The third kappa shape index (κ3) is 17.0. The van der Waals surface area contributed by atoms with E-state index in [0.29, 0.717) is 24.8 Å². The van der Waals surface area contributed by atoms with Gasteiger partial charge in [0, 0.05) is 26.1 Å². The molecule has 2 saturated heterocycles. The number of nitrogens with two attached hydrogens (primary N) is 1. The molecule has 2 aliphatic heterocycles. The number of rotatable bonds is 28. The Bertz CT molecular complexity index is 2020. The van der Waals surface area contributed by atoms with Crippen LogP contribution in [0.3, 0.4) is 0 Å². The maximum Gasteiger partial charge on any atom is 0.328 e. The van der Waals surface area contributed by atoms with Gasteiger partial charge in [-0.1, -0.05) is 82.2 Å². The van der Waals surface area contributed by atoms with Crippen LogP contribution in [0.1, 0.15) is 126 Å². The number of benzene rings is 2. The summed E-state index contributed by atoms with van der Waals surface area (Å²) >= 11 is 0. The Morgan fingerprint density at radius 3 is 2.10 bits per heavy atom. The smallest absolute Gasteiger partial charge is 0.328 e. The van der Waals surface area contributed by atoms with E-state index in [1.54, 1.807) is 42.5 Å². The number of aliphatic carboxylic acids is 1. The summed E-state index contributed by atoms with van der Waals surface area (Å²) in [7, 11) is 0. The van der Waals surface area contributed by atoms with Gasteiger partial charge < -0.3 is 66.9 Å². The molecule has 0 saturated carbocycles. The van der Waals surface area contributed by atoms with Crippen LogP contribution >= 0.6 is 0 Å². The van der Waals surface area contributed by atoms with Gasteiger partial charge in [0.2, 0.25) is 23.6 Å². The first-order valence-electron chi connectivity index (χ1n) is 24.9. The van der Waals surface area contributed by atoms with Crippen molar-refractivity contribution in [1.29, 1.82) is 0 Å². The lowest BCUT2D eigenvalue weighted by Crippen LogP contribution is -2.62. The van der Waals surface area contributed by atoms with E-state index in [-0.39, 0.29) is 57.6 Å². The van der Waals surface area contributed by atoms with Gasteiger partial charge in [0.1, 0.15) is 47.7 Å². The molecule has 5 amide bonds. The molecule has 0 radical (unpaired) electrons. The lowest BCUT2D eigenvalue weighted by molar-refractivity contribution is -0.290. The van der Waals surface area contributed by atoms with Gasteiger partial charge in [-0.05, 0) is 107 Å². The SMILES string of the molecule is CCCCCCCCCCO[C@@H]1O[C@H](C(=O)NCCCC[C@H](NC(=O)[C@H](Cc2ccccc2)NC(=O)[C@@H]2CCCN2C(=O)[C@@H](N)Cc2c(C)cc(O)cc2C)C(=O)NC(C)(C)C(=O)O)[C@@H](O)[C@H](O)[C@H]1O. The fourth-order valence-electron chi connectivity index (χ4n) is 8.86. The molecular weight excluding hydrogens is 905 g/mol. The summed E-state index contributed by atoms with van der Waals surface area (Å²) in [6.07, 6.45) is 1.99. The van der Waals surface area contributed by atoms with E-state index in [4.69, 9.17) is 15.2 Å². The maximum atomic E-state index is 14.3. The molecule has 4 rings (SSSR count). The minimum absolute atomic E-state index is 0.00486. The molecule has 0 aliphatic carbocycles. The van der Waals surface area contributed by atoms with E-state index in [2.05, 4.69) is 28.2 Å². The van der Waals surface area contributed by atoms with Crippen molar-refractivity contribution in [2.45, 2.75) is 191 Å². The molecule has 70 heavy (non-hydrogen) atoms. The number of carboxylic acids is 1. The molecule has 2 fully saturated rings. The highest BCUT2D eigenvalue weighted by Gasteiger charge is 2.47. The normalized spacial score (nSPS) is 21.6. The number of phenols is 1. The van der Waals surface area contributed by atoms with Gasteiger partial charge in [0.25, 0.3) is 5.91 Å². The largest absolute Gasteiger partial charge is 0.508 e. The topological polar surface area (TPSA) is 299 Å². The third-order valence-corrected chi connectivity index (χ3v) is 13.1. The molecule has 0 bridgehead atoms. The van der Waals surface area contributed by atoms with Crippen LogP contribution < -0.4 is 27.0 Å². The van der Waals surface area contributed by atoms with Crippen LogP contribution in [-0.2, 0) is 51.1 Å². The van der Waals surface area contributed by atoms with Crippen LogP contribution in [0.25, 0.3) is 0 Å². The van der Waals surface area contributed by atoms with E-state index < -0.39 is 95.9 Å². The number of carboxylic acid groups (broad SMARTS) is 1. The number of aliphatic hydroxyl groups excluding tert-OH is 3. The quantitative estimate of drug-likeness (QED) is 0.0548. The number of carbonyl (C=O) groups is 6. The monoisotopic (exact) mass is 983 g/mol. The number of aromatic hydroxyl groups is 1. The van der Waals surface area contributed by atoms with Gasteiger partial charge in [0.05, 0.1) is 6.04 Å². The van der Waals surface area contributed by atoms with Crippen molar-refractivity contribution in [2.75, 3.05) is 19.7 Å². The number of aryl methyl sites for hydroxylation is 2. The number of aliphatic hydroxyl groups is 3. The average molecular weight is 983 g/mol. The number of ether oxygens (including phenoxy) is 2. The van der Waals surface area contributed by atoms with E-state index in [9.17, 15) is 54.3 Å². The Morgan fingerprint density at radius 1 is 0.814 bits per heavy atom. The van der Waals surface area contributed by atoms with Crippen LogP contribution in [0.4, 0.5) is 0 Å². The number of amides is 5. The van der Waals surface area contributed by atoms with Crippen LogP contribution in [0.5, 0.6) is 5.75 Å². The summed E-state index contributed by atoms with van der Waals surface area (Å²) in [6.45, 7) is 8.88. The van der Waals surface area contributed by atoms with Crippen LogP contribution in [0, 0.1) is 13.8 Å². The molecule has 2 aliphatic rings. The number of carbonyl (C=O) groups excluding carboxylic acids is 5. The Balaban J connectivity index is 1.39. The van der Waals surface area contributed by atoms with Crippen molar-refractivity contribution < 1.29 is 63.8 Å². The highest BCUT2D eigenvalue weighted by atomic mass is 16.7. The van der Waals surface area contributed by atoms with E-state index in [0.717, 1.165) is 36.0 Å². The summed E-state index contributed by atoms with van der Waals surface area (Å²) in [5.41, 5.74) is 7.77. The lowest BCUT2D eigenvalue weighted by Gasteiger charge is -2.39. The first-order valence-corrected chi connectivity index (χ1v) is 24.9. The molecule has 11 N–H and O–H groups in total. The van der Waals surface area contributed by atoms with E-state index in [1.165, 1.54) is 44.4 Å². The fourth-order valence-corrected chi connectivity index (χ4v) is 8.86. The minimum atomic E-state index is -1.75. The molecule has 0 spiro atoms. The number of nitrogens with one attached hydrogen (secondary N) is 4. The Labute approximate surface area is 411 Å². The predicted octanol–water partition coefficient (Wildman–Crippen LogP) is 2.31. The summed E-state index contributed by atoms with van der Waals surface area (Å²) in [6, 6.07) is 7.57. The van der Waals surface area contributed by atoms with Gasteiger partial charge in [-0.15, -0.1) is 0 Å². The maximum absolute atomic E-state index is 14.3. The van der Waals surface area contributed by atoms with Gasteiger partial charge in [-0.2, -0.15) is 0 Å².